The summed E-state index contributed by atoms with van der Waals surface area (Å²) >= 11 is 0. The summed E-state index contributed by atoms with van der Waals surface area (Å²) in [5, 5.41) is 2.87. The van der Waals surface area contributed by atoms with Gasteiger partial charge in [-0.1, -0.05) is 36.8 Å². The molecule has 2 aromatic carbocycles. The first-order chi connectivity index (χ1) is 13.6. The number of carbonyl (C=O) groups is 2. The summed E-state index contributed by atoms with van der Waals surface area (Å²) in [5.41, 5.74) is 2.10. The molecule has 1 aliphatic rings. The van der Waals surface area contributed by atoms with Crippen molar-refractivity contribution in [1.82, 2.24) is 4.90 Å². The fourth-order valence-corrected chi connectivity index (χ4v) is 3.03. The van der Waals surface area contributed by atoms with Crippen molar-refractivity contribution in [2.45, 2.75) is 26.4 Å². The first-order valence-electron chi connectivity index (χ1n) is 9.58. The summed E-state index contributed by atoms with van der Waals surface area (Å²) in [6, 6.07) is 14.6. The lowest BCUT2D eigenvalue weighted by molar-refractivity contribution is -0.122. The summed E-state index contributed by atoms with van der Waals surface area (Å²) in [5.74, 6) is 0.266. The maximum Gasteiger partial charge on any atom is 0.265 e. The fraction of sp³-hybridized carbons (Fsp3) is 0.364. The number of rotatable bonds is 6. The Labute approximate surface area is 165 Å². The second-order valence-corrected chi connectivity index (χ2v) is 6.77. The quantitative estimate of drug-likeness (QED) is 0.833. The number of anilines is 1. The Kier molecular flexibility index (Phi) is 6.66. The summed E-state index contributed by atoms with van der Waals surface area (Å²) < 4.78 is 11.2. The molecule has 148 valence electrons. The van der Waals surface area contributed by atoms with Crippen molar-refractivity contribution in [1.29, 1.82) is 0 Å². The second-order valence-electron chi connectivity index (χ2n) is 6.77. The minimum absolute atomic E-state index is 0.105. The highest BCUT2D eigenvalue weighted by Crippen LogP contribution is 2.20. The molecule has 28 heavy (non-hydrogen) atoms. The minimum atomic E-state index is -0.644. The standard InChI is InChI=1S/C22H26N2O4/c1-3-20(28-17-10-8-16(2)9-11-17)21(25)23-19-7-5-4-6-18(19)22(26)24-12-14-27-15-13-24/h4-11,20H,3,12-15H2,1-2H3,(H,23,25)/t20-/m1/s1. The number of carbonyl (C=O) groups excluding carboxylic acids is 2. The lowest BCUT2D eigenvalue weighted by Gasteiger charge is -2.27. The van der Waals surface area contributed by atoms with E-state index < -0.39 is 6.10 Å². The van der Waals surface area contributed by atoms with E-state index in [4.69, 9.17) is 9.47 Å². The molecule has 0 bridgehead atoms. The van der Waals surface area contributed by atoms with Crippen LogP contribution >= 0.6 is 0 Å². The number of morpholine rings is 1. The van der Waals surface area contributed by atoms with E-state index in [1.54, 1.807) is 29.2 Å². The molecule has 2 aromatic rings. The SMILES string of the molecule is CC[C@@H](Oc1ccc(C)cc1)C(=O)Nc1ccccc1C(=O)N1CCOCC1. The number of nitrogens with zero attached hydrogens (tertiary/aromatic N) is 1. The van der Waals surface area contributed by atoms with Gasteiger partial charge in [0.1, 0.15) is 5.75 Å². The van der Waals surface area contributed by atoms with E-state index in [-0.39, 0.29) is 11.8 Å². The average molecular weight is 382 g/mol. The Bertz CT molecular complexity index is 814. The smallest absolute Gasteiger partial charge is 0.265 e. The molecule has 1 N–H and O–H groups in total. The number of benzene rings is 2. The van der Waals surface area contributed by atoms with Crippen molar-refractivity contribution in [2.24, 2.45) is 0 Å². The topological polar surface area (TPSA) is 67.9 Å². The number of ether oxygens (including phenoxy) is 2. The van der Waals surface area contributed by atoms with Crippen LogP contribution in [0.15, 0.2) is 48.5 Å². The number of hydrogen-bond acceptors (Lipinski definition) is 4. The van der Waals surface area contributed by atoms with Crippen LogP contribution < -0.4 is 10.1 Å². The van der Waals surface area contributed by atoms with E-state index in [2.05, 4.69) is 5.32 Å². The van der Waals surface area contributed by atoms with Crippen molar-refractivity contribution >= 4 is 17.5 Å². The average Bonchev–Trinajstić information content (AvgIpc) is 2.73. The van der Waals surface area contributed by atoms with Crippen molar-refractivity contribution in [3.63, 3.8) is 0 Å². The third-order valence-electron chi connectivity index (χ3n) is 4.68. The zero-order chi connectivity index (χ0) is 19.9. The Balaban J connectivity index is 1.72. The predicted octanol–water partition coefficient (Wildman–Crippen LogP) is 3.26. The highest BCUT2D eigenvalue weighted by atomic mass is 16.5. The van der Waals surface area contributed by atoms with E-state index in [1.165, 1.54) is 0 Å². The van der Waals surface area contributed by atoms with Gasteiger partial charge < -0.3 is 19.7 Å². The zero-order valence-corrected chi connectivity index (χ0v) is 16.3. The van der Waals surface area contributed by atoms with Crippen LogP contribution in [0.5, 0.6) is 5.75 Å². The van der Waals surface area contributed by atoms with E-state index in [0.717, 1.165) is 5.56 Å². The molecule has 1 aliphatic heterocycles. The van der Waals surface area contributed by atoms with Crippen molar-refractivity contribution in [2.75, 3.05) is 31.6 Å². The largest absolute Gasteiger partial charge is 0.481 e. The first kappa shape index (κ1) is 19.9. The first-order valence-corrected chi connectivity index (χ1v) is 9.58. The molecule has 0 spiro atoms. The molecule has 1 heterocycles. The van der Waals surface area contributed by atoms with Crippen molar-refractivity contribution in [3.8, 4) is 5.75 Å². The summed E-state index contributed by atoms with van der Waals surface area (Å²) in [4.78, 5) is 27.4. The van der Waals surface area contributed by atoms with Crippen LogP contribution in [-0.4, -0.2) is 49.1 Å². The monoisotopic (exact) mass is 382 g/mol. The van der Waals surface area contributed by atoms with Gasteiger partial charge in [0.25, 0.3) is 11.8 Å². The molecule has 0 unspecified atom stereocenters. The molecular weight excluding hydrogens is 356 g/mol. The zero-order valence-electron chi connectivity index (χ0n) is 16.3. The van der Waals surface area contributed by atoms with Crippen LogP contribution in [0.2, 0.25) is 0 Å². The maximum absolute atomic E-state index is 12.9. The molecule has 0 saturated carbocycles. The van der Waals surface area contributed by atoms with Gasteiger partial charge in [0, 0.05) is 13.1 Å². The van der Waals surface area contributed by atoms with Gasteiger partial charge in [-0.05, 0) is 37.6 Å². The van der Waals surface area contributed by atoms with Crippen molar-refractivity contribution in [3.05, 3.63) is 59.7 Å². The number of para-hydroxylation sites is 1. The van der Waals surface area contributed by atoms with E-state index in [1.807, 2.05) is 38.1 Å². The lowest BCUT2D eigenvalue weighted by Crippen LogP contribution is -2.41. The molecule has 1 saturated heterocycles. The van der Waals surface area contributed by atoms with Gasteiger partial charge in [0.2, 0.25) is 0 Å². The number of nitrogens with one attached hydrogen (secondary N) is 1. The van der Waals surface area contributed by atoms with Gasteiger partial charge in [0.15, 0.2) is 6.10 Å². The van der Waals surface area contributed by atoms with Gasteiger partial charge in [-0.25, -0.2) is 0 Å². The van der Waals surface area contributed by atoms with Gasteiger partial charge in [-0.3, -0.25) is 9.59 Å². The molecule has 3 rings (SSSR count). The summed E-state index contributed by atoms with van der Waals surface area (Å²) in [7, 11) is 0. The highest BCUT2D eigenvalue weighted by molar-refractivity contribution is 6.04. The Hall–Kier alpha value is -2.86. The van der Waals surface area contributed by atoms with E-state index >= 15 is 0 Å². The second kappa shape index (κ2) is 9.37. The molecule has 2 amide bonds. The van der Waals surface area contributed by atoms with Crippen LogP contribution in [0, 0.1) is 6.92 Å². The number of amides is 2. The van der Waals surface area contributed by atoms with Crippen LogP contribution in [0.4, 0.5) is 5.69 Å². The Morgan fingerprint density at radius 1 is 1.11 bits per heavy atom. The van der Waals surface area contributed by atoms with Crippen LogP contribution in [0.3, 0.4) is 0 Å². The van der Waals surface area contributed by atoms with Gasteiger partial charge in [-0.15, -0.1) is 0 Å². The molecule has 6 nitrogen and oxygen atoms in total. The Morgan fingerprint density at radius 2 is 1.79 bits per heavy atom. The number of hydrogen-bond donors (Lipinski definition) is 1. The summed E-state index contributed by atoms with van der Waals surface area (Å²) in [6.07, 6.45) is -0.131. The van der Waals surface area contributed by atoms with Crippen LogP contribution in [0.1, 0.15) is 29.3 Å². The fourth-order valence-electron chi connectivity index (χ4n) is 3.03. The molecule has 0 aromatic heterocycles. The number of aryl methyl sites for hydroxylation is 1. The van der Waals surface area contributed by atoms with Crippen molar-refractivity contribution < 1.29 is 19.1 Å². The third-order valence-corrected chi connectivity index (χ3v) is 4.68. The molecule has 0 radical (unpaired) electrons. The van der Waals surface area contributed by atoms with Gasteiger partial charge >= 0.3 is 0 Å². The molecule has 1 atom stereocenters. The predicted molar refractivity (Wildman–Crippen MR) is 108 cm³/mol. The molecular formula is C22H26N2O4. The van der Waals surface area contributed by atoms with Crippen LogP contribution in [0.25, 0.3) is 0 Å². The lowest BCUT2D eigenvalue weighted by atomic mass is 10.1. The van der Waals surface area contributed by atoms with E-state index in [9.17, 15) is 9.59 Å². The summed E-state index contributed by atoms with van der Waals surface area (Å²) in [6.45, 7) is 6.05. The third kappa shape index (κ3) is 4.89. The normalized spacial score (nSPS) is 15.0. The molecule has 0 aliphatic carbocycles. The minimum Gasteiger partial charge on any atom is -0.481 e. The maximum atomic E-state index is 12.9. The van der Waals surface area contributed by atoms with Crippen LogP contribution in [-0.2, 0) is 9.53 Å². The Morgan fingerprint density at radius 3 is 2.46 bits per heavy atom. The molecule has 1 fully saturated rings. The van der Waals surface area contributed by atoms with Gasteiger partial charge in [0.05, 0.1) is 24.5 Å². The molecule has 6 heteroatoms. The van der Waals surface area contributed by atoms with Gasteiger partial charge in [-0.2, -0.15) is 0 Å². The van der Waals surface area contributed by atoms with E-state index in [0.29, 0.717) is 49.7 Å². The highest BCUT2D eigenvalue weighted by Gasteiger charge is 2.24.